The van der Waals surface area contributed by atoms with E-state index in [2.05, 4.69) is 35.8 Å². The molecule has 0 spiro atoms. The van der Waals surface area contributed by atoms with Crippen LogP contribution in [-0.2, 0) is 0 Å². The van der Waals surface area contributed by atoms with Crippen LogP contribution in [0.15, 0.2) is 30.3 Å². The second kappa shape index (κ2) is 6.63. The maximum Gasteiger partial charge on any atom is 0.125 e. The molecular formula is C17H23NO. The van der Waals surface area contributed by atoms with Crippen LogP contribution in [0.1, 0.15) is 39.0 Å². The second-order valence-corrected chi connectivity index (χ2v) is 5.24. The van der Waals surface area contributed by atoms with E-state index in [0.717, 1.165) is 32.2 Å². The summed E-state index contributed by atoms with van der Waals surface area (Å²) in [6.07, 6.45) is 5.09. The molecular weight excluding hydrogens is 234 g/mol. The van der Waals surface area contributed by atoms with Crippen LogP contribution in [-0.4, -0.2) is 23.8 Å². The van der Waals surface area contributed by atoms with Crippen LogP contribution in [0.5, 0.6) is 0 Å². The van der Waals surface area contributed by atoms with Gasteiger partial charge in [0.05, 0.1) is 6.54 Å². The third-order valence-corrected chi connectivity index (χ3v) is 3.77. The predicted molar refractivity (Wildman–Crippen MR) is 80.1 cm³/mol. The first-order valence-corrected chi connectivity index (χ1v) is 7.26. The minimum absolute atomic E-state index is 0.683. The molecule has 1 aromatic rings. The number of rotatable bonds is 3. The van der Waals surface area contributed by atoms with Crippen molar-refractivity contribution in [2.45, 2.75) is 44.6 Å². The Morgan fingerprint density at radius 1 is 1.16 bits per heavy atom. The Morgan fingerprint density at radius 3 is 2.47 bits per heavy atom. The van der Waals surface area contributed by atoms with Crippen LogP contribution in [0, 0.1) is 11.8 Å². The minimum atomic E-state index is -0.728. The van der Waals surface area contributed by atoms with Crippen LogP contribution >= 0.6 is 0 Å². The SMILES string of the molecule is CCN(CC#CC1(O)CCCCC1)c1ccccc1. The molecule has 1 aromatic carbocycles. The van der Waals surface area contributed by atoms with Crippen molar-refractivity contribution in [3.8, 4) is 11.8 Å². The average Bonchev–Trinajstić information content (AvgIpc) is 2.45. The number of hydrogen-bond acceptors (Lipinski definition) is 2. The highest BCUT2D eigenvalue weighted by molar-refractivity contribution is 5.47. The first-order valence-electron chi connectivity index (χ1n) is 7.26. The van der Waals surface area contributed by atoms with Gasteiger partial charge in [0.2, 0.25) is 0 Å². The molecule has 0 amide bonds. The first kappa shape index (κ1) is 14.0. The topological polar surface area (TPSA) is 23.5 Å². The lowest BCUT2D eigenvalue weighted by molar-refractivity contribution is 0.0609. The molecule has 1 saturated carbocycles. The van der Waals surface area contributed by atoms with E-state index in [0.29, 0.717) is 6.54 Å². The zero-order chi connectivity index (χ0) is 13.6. The second-order valence-electron chi connectivity index (χ2n) is 5.24. The van der Waals surface area contributed by atoms with Gasteiger partial charge in [-0.1, -0.05) is 36.5 Å². The molecule has 1 aliphatic carbocycles. The molecule has 0 atom stereocenters. The van der Waals surface area contributed by atoms with Crippen molar-refractivity contribution in [3.05, 3.63) is 30.3 Å². The summed E-state index contributed by atoms with van der Waals surface area (Å²) in [5.74, 6) is 6.27. The number of hydrogen-bond donors (Lipinski definition) is 1. The third kappa shape index (κ3) is 4.01. The molecule has 2 nitrogen and oxygen atoms in total. The molecule has 0 bridgehead atoms. The van der Waals surface area contributed by atoms with Crippen molar-refractivity contribution < 1.29 is 5.11 Å². The fourth-order valence-electron chi connectivity index (χ4n) is 2.59. The summed E-state index contributed by atoms with van der Waals surface area (Å²) in [5, 5.41) is 10.3. The average molecular weight is 257 g/mol. The molecule has 0 saturated heterocycles. The smallest absolute Gasteiger partial charge is 0.125 e. The zero-order valence-electron chi connectivity index (χ0n) is 11.7. The van der Waals surface area contributed by atoms with Gasteiger partial charge in [-0.3, -0.25) is 0 Å². The summed E-state index contributed by atoms with van der Waals surface area (Å²) < 4.78 is 0. The molecule has 1 fully saturated rings. The standard InChI is InChI=1S/C17H23NO/c1-2-18(16-10-5-3-6-11-16)15-9-14-17(19)12-7-4-8-13-17/h3,5-6,10-11,19H,2,4,7-8,12-13,15H2,1H3. The Kier molecular flexibility index (Phi) is 4.87. The van der Waals surface area contributed by atoms with E-state index in [9.17, 15) is 5.11 Å². The van der Waals surface area contributed by atoms with Gasteiger partial charge < -0.3 is 10.0 Å². The first-order chi connectivity index (χ1) is 9.23. The Morgan fingerprint density at radius 2 is 1.84 bits per heavy atom. The number of benzene rings is 1. The zero-order valence-corrected chi connectivity index (χ0v) is 11.7. The lowest BCUT2D eigenvalue weighted by Gasteiger charge is -2.27. The fraction of sp³-hybridized carbons (Fsp3) is 0.529. The maximum absolute atomic E-state index is 10.3. The molecule has 0 aromatic heterocycles. The minimum Gasteiger partial charge on any atom is -0.378 e. The summed E-state index contributed by atoms with van der Waals surface area (Å²) in [6, 6.07) is 10.3. The molecule has 0 aliphatic heterocycles. The Bertz CT molecular complexity index is 437. The van der Waals surface area contributed by atoms with Crippen molar-refractivity contribution in [2.24, 2.45) is 0 Å². The van der Waals surface area contributed by atoms with Crippen molar-refractivity contribution >= 4 is 5.69 Å². The van der Waals surface area contributed by atoms with E-state index in [1.807, 2.05) is 18.2 Å². The van der Waals surface area contributed by atoms with Gasteiger partial charge in [-0.2, -0.15) is 0 Å². The maximum atomic E-state index is 10.3. The quantitative estimate of drug-likeness (QED) is 0.841. The van der Waals surface area contributed by atoms with E-state index in [1.54, 1.807) is 0 Å². The van der Waals surface area contributed by atoms with E-state index in [1.165, 1.54) is 12.1 Å². The summed E-state index contributed by atoms with van der Waals surface area (Å²) >= 11 is 0. The van der Waals surface area contributed by atoms with Crippen molar-refractivity contribution in [1.29, 1.82) is 0 Å². The van der Waals surface area contributed by atoms with E-state index in [-0.39, 0.29) is 0 Å². The summed E-state index contributed by atoms with van der Waals surface area (Å²) in [4.78, 5) is 2.22. The fourth-order valence-corrected chi connectivity index (χ4v) is 2.59. The highest BCUT2D eigenvalue weighted by Gasteiger charge is 2.26. The van der Waals surface area contributed by atoms with E-state index < -0.39 is 5.60 Å². The van der Waals surface area contributed by atoms with Crippen LogP contribution in [0.4, 0.5) is 5.69 Å². The highest BCUT2D eigenvalue weighted by Crippen LogP contribution is 2.27. The summed E-state index contributed by atoms with van der Waals surface area (Å²) in [6.45, 7) is 3.74. The molecule has 102 valence electrons. The molecule has 1 N–H and O–H groups in total. The molecule has 19 heavy (non-hydrogen) atoms. The number of nitrogens with zero attached hydrogens (tertiary/aromatic N) is 1. The summed E-state index contributed by atoms with van der Waals surface area (Å²) in [7, 11) is 0. The predicted octanol–water partition coefficient (Wildman–Crippen LogP) is 3.21. The molecule has 2 rings (SSSR count). The third-order valence-electron chi connectivity index (χ3n) is 3.77. The Balaban J connectivity index is 1.97. The van der Waals surface area contributed by atoms with Gasteiger partial charge in [0.15, 0.2) is 0 Å². The Labute approximate surface area is 116 Å². The largest absolute Gasteiger partial charge is 0.378 e. The molecule has 1 aliphatic rings. The van der Waals surface area contributed by atoms with Crippen molar-refractivity contribution in [2.75, 3.05) is 18.0 Å². The molecule has 0 radical (unpaired) electrons. The van der Waals surface area contributed by atoms with Crippen molar-refractivity contribution in [1.82, 2.24) is 0 Å². The van der Waals surface area contributed by atoms with Gasteiger partial charge in [0, 0.05) is 12.2 Å². The highest BCUT2D eigenvalue weighted by atomic mass is 16.3. The lowest BCUT2D eigenvalue weighted by atomic mass is 9.85. The molecule has 0 heterocycles. The van der Waals surface area contributed by atoms with Crippen LogP contribution in [0.3, 0.4) is 0 Å². The number of aliphatic hydroxyl groups is 1. The van der Waals surface area contributed by atoms with Gasteiger partial charge in [-0.25, -0.2) is 0 Å². The van der Waals surface area contributed by atoms with Gasteiger partial charge in [0.1, 0.15) is 5.60 Å². The molecule has 2 heteroatoms. The molecule has 0 unspecified atom stereocenters. The van der Waals surface area contributed by atoms with Crippen molar-refractivity contribution in [3.63, 3.8) is 0 Å². The number of anilines is 1. The van der Waals surface area contributed by atoms with Gasteiger partial charge in [-0.15, -0.1) is 0 Å². The van der Waals surface area contributed by atoms with Crippen LogP contribution < -0.4 is 4.90 Å². The monoisotopic (exact) mass is 257 g/mol. The van der Waals surface area contributed by atoms with E-state index in [4.69, 9.17) is 0 Å². The summed E-state index contributed by atoms with van der Waals surface area (Å²) in [5.41, 5.74) is 0.462. The van der Waals surface area contributed by atoms with E-state index >= 15 is 0 Å². The van der Waals surface area contributed by atoms with Crippen LogP contribution in [0.25, 0.3) is 0 Å². The Hall–Kier alpha value is -1.46. The lowest BCUT2D eigenvalue weighted by Crippen LogP contribution is -2.30. The normalized spacial score (nSPS) is 17.4. The van der Waals surface area contributed by atoms with Crippen LogP contribution in [0.2, 0.25) is 0 Å². The number of para-hydroxylation sites is 1. The van der Waals surface area contributed by atoms with Gasteiger partial charge in [0.25, 0.3) is 0 Å². The van der Waals surface area contributed by atoms with Gasteiger partial charge >= 0.3 is 0 Å². The van der Waals surface area contributed by atoms with Gasteiger partial charge in [-0.05, 0) is 44.7 Å².